The minimum absolute atomic E-state index is 0.0142. The lowest BCUT2D eigenvalue weighted by atomic mass is 9.92. The van der Waals surface area contributed by atoms with Gasteiger partial charge in [0.1, 0.15) is 12.7 Å². The first-order valence-corrected chi connectivity index (χ1v) is 6.52. The largest absolute Gasteiger partial charge is 0.389 e. The zero-order valence-electron chi connectivity index (χ0n) is 10.7. The third-order valence-corrected chi connectivity index (χ3v) is 3.61. The van der Waals surface area contributed by atoms with Crippen molar-refractivity contribution >= 4 is 5.91 Å². The molecule has 1 saturated heterocycles. The van der Waals surface area contributed by atoms with Crippen LogP contribution >= 0.6 is 0 Å². The van der Waals surface area contributed by atoms with Crippen LogP contribution < -0.4 is 10.6 Å². The molecule has 1 heterocycles. The van der Waals surface area contributed by atoms with Crippen molar-refractivity contribution in [3.63, 3.8) is 0 Å². The van der Waals surface area contributed by atoms with E-state index in [1.54, 1.807) is 0 Å². The van der Waals surface area contributed by atoms with E-state index in [-0.39, 0.29) is 24.7 Å². The second-order valence-electron chi connectivity index (χ2n) is 5.00. The van der Waals surface area contributed by atoms with Gasteiger partial charge in [0.15, 0.2) is 0 Å². The number of aliphatic hydroxyl groups excluding tert-OH is 1. The lowest BCUT2D eigenvalue weighted by molar-refractivity contribution is -0.125. The lowest BCUT2D eigenvalue weighted by Crippen LogP contribution is -2.50. The van der Waals surface area contributed by atoms with E-state index in [0.717, 1.165) is 0 Å². The Morgan fingerprint density at radius 3 is 2.89 bits per heavy atom. The van der Waals surface area contributed by atoms with E-state index in [0.29, 0.717) is 19.2 Å². The number of methoxy groups -OCH3 is 1. The van der Waals surface area contributed by atoms with Crippen molar-refractivity contribution in [3.8, 4) is 0 Å². The van der Waals surface area contributed by atoms with Gasteiger partial charge in [-0.3, -0.25) is 4.79 Å². The fraction of sp³-hybridized carbons (Fsp3) is 0.917. The highest BCUT2D eigenvalue weighted by molar-refractivity contribution is 5.77. The molecule has 0 bridgehead atoms. The average Bonchev–Trinajstić information content (AvgIpc) is 2.63. The van der Waals surface area contributed by atoms with Crippen LogP contribution in [0.1, 0.15) is 19.3 Å². The van der Waals surface area contributed by atoms with Crippen LogP contribution in [0.15, 0.2) is 0 Å². The molecule has 2 aliphatic rings. The quantitative estimate of drug-likeness (QED) is 0.570. The zero-order chi connectivity index (χ0) is 13.0. The van der Waals surface area contributed by atoms with Crippen molar-refractivity contribution in [2.24, 2.45) is 0 Å². The van der Waals surface area contributed by atoms with E-state index in [4.69, 9.17) is 9.47 Å². The highest BCUT2D eigenvalue weighted by Gasteiger charge is 2.37. The molecule has 1 saturated carbocycles. The summed E-state index contributed by atoms with van der Waals surface area (Å²) in [7, 11) is 1.47. The maximum atomic E-state index is 11.2. The molecule has 18 heavy (non-hydrogen) atoms. The first kappa shape index (κ1) is 13.7. The van der Waals surface area contributed by atoms with E-state index in [9.17, 15) is 9.90 Å². The highest BCUT2D eigenvalue weighted by atomic mass is 16.5. The first-order valence-electron chi connectivity index (χ1n) is 6.52. The number of rotatable bonds is 6. The van der Waals surface area contributed by atoms with Gasteiger partial charge in [0.25, 0.3) is 0 Å². The minimum atomic E-state index is -0.562. The molecule has 2 rings (SSSR count). The van der Waals surface area contributed by atoms with Gasteiger partial charge in [-0.25, -0.2) is 0 Å². The molecular weight excluding hydrogens is 236 g/mol. The van der Waals surface area contributed by atoms with E-state index in [1.165, 1.54) is 26.4 Å². The summed E-state index contributed by atoms with van der Waals surface area (Å²) in [5, 5.41) is 16.2. The maximum absolute atomic E-state index is 11.2. The number of nitrogens with one attached hydrogen (secondary N) is 2. The van der Waals surface area contributed by atoms with Crippen molar-refractivity contribution < 1.29 is 19.4 Å². The number of carbonyl (C=O) groups is 1. The third kappa shape index (κ3) is 3.41. The summed E-state index contributed by atoms with van der Waals surface area (Å²) in [4.78, 5) is 11.2. The van der Waals surface area contributed by atoms with Crippen molar-refractivity contribution in [2.45, 2.75) is 43.6 Å². The predicted molar refractivity (Wildman–Crippen MR) is 65.2 cm³/mol. The summed E-state index contributed by atoms with van der Waals surface area (Å²) < 4.78 is 10.2. The fourth-order valence-electron chi connectivity index (χ4n) is 2.28. The number of hydrogen-bond donors (Lipinski definition) is 3. The topological polar surface area (TPSA) is 79.8 Å². The van der Waals surface area contributed by atoms with Crippen molar-refractivity contribution in [1.82, 2.24) is 10.6 Å². The summed E-state index contributed by atoms with van der Waals surface area (Å²) in [6, 6.07) is 0.509. The van der Waals surface area contributed by atoms with Gasteiger partial charge in [-0.1, -0.05) is 6.42 Å². The van der Waals surface area contributed by atoms with Gasteiger partial charge in [-0.2, -0.15) is 0 Å². The predicted octanol–water partition coefficient (Wildman–Crippen LogP) is -0.981. The van der Waals surface area contributed by atoms with Crippen LogP contribution in [0, 0.1) is 0 Å². The van der Waals surface area contributed by atoms with Crippen LogP contribution in [0.2, 0.25) is 0 Å². The lowest BCUT2D eigenvalue weighted by Gasteiger charge is -2.30. The number of amides is 1. The van der Waals surface area contributed by atoms with E-state index >= 15 is 0 Å². The number of carbonyl (C=O) groups excluding carboxylic acids is 1. The summed E-state index contributed by atoms with van der Waals surface area (Å²) in [5.41, 5.74) is 0. The second-order valence-corrected chi connectivity index (χ2v) is 5.00. The Labute approximate surface area is 107 Å². The molecule has 1 aliphatic carbocycles. The maximum Gasteiger partial charge on any atom is 0.246 e. The van der Waals surface area contributed by atoms with Gasteiger partial charge in [0.2, 0.25) is 5.91 Å². The SMILES string of the molecule is COCC(=O)NCC1OCC(NC2CCC2)C1O. The molecule has 2 fully saturated rings. The van der Waals surface area contributed by atoms with Crippen LogP contribution in [0.5, 0.6) is 0 Å². The number of hydrogen-bond acceptors (Lipinski definition) is 5. The molecule has 3 atom stereocenters. The molecule has 0 aromatic heterocycles. The van der Waals surface area contributed by atoms with Crippen LogP contribution in [0.25, 0.3) is 0 Å². The first-order chi connectivity index (χ1) is 8.70. The van der Waals surface area contributed by atoms with Crippen molar-refractivity contribution in [3.05, 3.63) is 0 Å². The van der Waals surface area contributed by atoms with Crippen LogP contribution in [0.3, 0.4) is 0 Å². The molecule has 3 unspecified atom stereocenters. The summed E-state index contributed by atoms with van der Waals surface area (Å²) in [6.45, 7) is 0.862. The van der Waals surface area contributed by atoms with Crippen LogP contribution in [0.4, 0.5) is 0 Å². The molecule has 1 amide bonds. The molecule has 0 aromatic rings. The Bertz CT molecular complexity index is 283. The average molecular weight is 258 g/mol. The molecule has 0 spiro atoms. The molecule has 6 nitrogen and oxygen atoms in total. The minimum Gasteiger partial charge on any atom is -0.389 e. The molecule has 1 aliphatic heterocycles. The highest BCUT2D eigenvalue weighted by Crippen LogP contribution is 2.22. The molecular formula is C12H22N2O4. The smallest absolute Gasteiger partial charge is 0.246 e. The van der Waals surface area contributed by atoms with Gasteiger partial charge in [-0.15, -0.1) is 0 Å². The number of aliphatic hydroxyl groups is 1. The Morgan fingerprint density at radius 2 is 2.28 bits per heavy atom. The molecule has 6 heteroatoms. The summed E-state index contributed by atoms with van der Waals surface area (Å²) >= 11 is 0. The fourth-order valence-corrected chi connectivity index (χ4v) is 2.28. The Balaban J connectivity index is 1.69. The summed E-state index contributed by atoms with van der Waals surface area (Å²) in [6.07, 6.45) is 2.73. The van der Waals surface area contributed by atoms with Gasteiger partial charge in [0, 0.05) is 19.7 Å². The van der Waals surface area contributed by atoms with E-state index in [2.05, 4.69) is 10.6 Å². The van der Waals surface area contributed by atoms with Crippen molar-refractivity contribution in [1.29, 1.82) is 0 Å². The van der Waals surface area contributed by atoms with Crippen molar-refractivity contribution in [2.75, 3.05) is 26.9 Å². The molecule has 0 radical (unpaired) electrons. The van der Waals surface area contributed by atoms with Gasteiger partial charge < -0.3 is 25.2 Å². The van der Waals surface area contributed by atoms with Gasteiger partial charge in [-0.05, 0) is 12.8 Å². The standard InChI is InChI=1S/C12H22N2O4/c1-17-7-11(15)13-5-10-12(16)9(6-18-10)14-8-3-2-4-8/h8-10,12,14,16H,2-7H2,1H3,(H,13,15). The van der Waals surface area contributed by atoms with Gasteiger partial charge in [0.05, 0.1) is 18.8 Å². The zero-order valence-corrected chi connectivity index (χ0v) is 10.7. The molecule has 3 N–H and O–H groups in total. The summed E-state index contributed by atoms with van der Waals surface area (Å²) in [5.74, 6) is -0.191. The molecule has 104 valence electrons. The van der Waals surface area contributed by atoms with Crippen LogP contribution in [-0.2, 0) is 14.3 Å². The second kappa shape index (κ2) is 6.47. The Kier molecular flexibility index (Phi) is 4.94. The van der Waals surface area contributed by atoms with Gasteiger partial charge >= 0.3 is 0 Å². The van der Waals surface area contributed by atoms with E-state index in [1.807, 2.05) is 0 Å². The molecule has 0 aromatic carbocycles. The Morgan fingerprint density at radius 1 is 1.50 bits per heavy atom. The Hall–Kier alpha value is -0.690. The van der Waals surface area contributed by atoms with E-state index < -0.39 is 6.10 Å². The third-order valence-electron chi connectivity index (χ3n) is 3.61. The monoisotopic (exact) mass is 258 g/mol. The number of ether oxygens (including phenoxy) is 2. The normalized spacial score (nSPS) is 32.2. The van der Waals surface area contributed by atoms with Crippen LogP contribution in [-0.4, -0.2) is 62.2 Å².